The van der Waals surface area contributed by atoms with Gasteiger partial charge >= 0.3 is 0 Å². The van der Waals surface area contributed by atoms with Crippen molar-refractivity contribution in [2.75, 3.05) is 45.1 Å². The molecule has 1 aliphatic rings. The monoisotopic (exact) mass is 307 g/mol. The van der Waals surface area contributed by atoms with Gasteiger partial charge in [0.1, 0.15) is 5.69 Å². The number of carbonyl (C=O) groups is 1. The first-order valence-corrected chi connectivity index (χ1v) is 7.50. The molecule has 2 heterocycles. The maximum Gasteiger partial charge on any atom is 0.268 e. The predicted molar refractivity (Wildman–Crippen MR) is 98.2 cm³/mol. The number of hydrogen-bond donors (Lipinski definition) is 2. The van der Waals surface area contributed by atoms with Crippen LogP contribution < -0.4 is 11.1 Å². The molecule has 1 aliphatic heterocycles. The zero-order chi connectivity index (χ0) is 17.2. The second-order valence-electron chi connectivity index (χ2n) is 5.25. The highest BCUT2D eigenvalue weighted by molar-refractivity contribution is 7.60. The van der Waals surface area contributed by atoms with Gasteiger partial charge in [0.25, 0.3) is 5.91 Å². The van der Waals surface area contributed by atoms with Gasteiger partial charge in [-0.05, 0) is 6.07 Å². The van der Waals surface area contributed by atoms with Crippen molar-refractivity contribution >= 4 is 48.3 Å². The Kier molecular flexibility index (Phi) is 9.10. The summed E-state index contributed by atoms with van der Waals surface area (Å²) in [5.41, 5.74) is 6.84. The summed E-state index contributed by atoms with van der Waals surface area (Å²) in [4.78, 5) is 14.2. The van der Waals surface area contributed by atoms with E-state index >= 15 is 0 Å². The van der Waals surface area contributed by atoms with Gasteiger partial charge in [0.2, 0.25) is 0 Å². The van der Waals surface area contributed by atoms with E-state index in [1.54, 1.807) is 16.8 Å². The van der Waals surface area contributed by atoms with Gasteiger partial charge in [0, 0.05) is 76.1 Å². The van der Waals surface area contributed by atoms with E-state index in [4.69, 9.17) is 33.7 Å². The molecule has 0 aromatic carbocycles. The van der Waals surface area contributed by atoms with Crippen LogP contribution in [-0.4, -0.2) is 91.4 Å². The number of aromatic nitrogens is 1. The number of ether oxygens (including phenoxy) is 1. The Bertz CT molecular complexity index is 480. The van der Waals surface area contributed by atoms with E-state index in [0.29, 0.717) is 17.9 Å². The molecule has 0 unspecified atom stereocenters. The van der Waals surface area contributed by atoms with Crippen LogP contribution in [0.3, 0.4) is 0 Å². The Labute approximate surface area is 143 Å². The van der Waals surface area contributed by atoms with Crippen LogP contribution in [0, 0.1) is 0 Å². The number of nitrogens with two attached hydrogens (primary N) is 1. The third-order valence-corrected chi connectivity index (χ3v) is 3.30. The van der Waals surface area contributed by atoms with Crippen molar-refractivity contribution in [3.63, 3.8) is 0 Å². The van der Waals surface area contributed by atoms with E-state index in [0.717, 1.165) is 32.8 Å². The second kappa shape index (κ2) is 10.5. The Morgan fingerprint density at radius 2 is 2.09 bits per heavy atom. The lowest BCUT2D eigenvalue weighted by atomic mass is 8.97. The third kappa shape index (κ3) is 7.75. The van der Waals surface area contributed by atoms with Gasteiger partial charge < -0.3 is 20.4 Å². The number of amides is 1. The smallest absolute Gasteiger partial charge is 0.268 e. The lowest BCUT2D eigenvalue weighted by Gasteiger charge is -2.26. The summed E-state index contributed by atoms with van der Waals surface area (Å²) in [7, 11) is 17.6. The maximum atomic E-state index is 11.9. The molecule has 0 atom stereocenters. The number of aryl methyl sites for hydroxylation is 1. The van der Waals surface area contributed by atoms with Gasteiger partial charge in [0.05, 0.1) is 18.9 Å². The van der Waals surface area contributed by atoms with Crippen LogP contribution in [0.5, 0.6) is 0 Å². The van der Waals surface area contributed by atoms with Crippen LogP contribution in [0.15, 0.2) is 12.3 Å². The van der Waals surface area contributed by atoms with Gasteiger partial charge in [-0.15, -0.1) is 0 Å². The average molecular weight is 306 g/mol. The molecule has 23 heavy (non-hydrogen) atoms. The molecule has 7 radical (unpaired) electrons. The fraction of sp³-hybridized carbons (Fsp3) is 0.583. The van der Waals surface area contributed by atoms with Crippen molar-refractivity contribution in [1.82, 2.24) is 14.8 Å². The molecule has 11 heteroatoms. The fourth-order valence-corrected chi connectivity index (χ4v) is 2.06. The molecule has 1 aromatic rings. The lowest BCUT2D eigenvalue weighted by molar-refractivity contribution is 0.0383. The van der Waals surface area contributed by atoms with Crippen molar-refractivity contribution in [3.8, 4) is 0 Å². The number of nitrogens with zero attached hydrogens (tertiary/aromatic N) is 2. The first-order valence-electron chi connectivity index (χ1n) is 7.50. The number of morpholine rings is 1. The molecule has 3 N–H and O–H groups in total. The summed E-state index contributed by atoms with van der Waals surface area (Å²) in [6, 6.07) is 1.68. The molecule has 0 spiro atoms. The molecule has 6 nitrogen and oxygen atoms in total. The largest absolute Gasteiger partial charge is 0.397 e. The number of hydrogen-bond acceptors (Lipinski definition) is 4. The van der Waals surface area contributed by atoms with Gasteiger partial charge in [-0.3, -0.25) is 9.69 Å². The van der Waals surface area contributed by atoms with Crippen molar-refractivity contribution < 1.29 is 9.53 Å². The Morgan fingerprint density at radius 1 is 1.48 bits per heavy atom. The Balaban J connectivity index is 0.000000463. The summed E-state index contributed by atoms with van der Waals surface area (Å²) in [5, 5.41) is 2.90. The lowest BCUT2D eigenvalue weighted by Crippen LogP contribution is -2.41. The predicted octanol–water partition coefficient (Wildman–Crippen LogP) is -2.23. The molecule has 1 amide bonds. The van der Waals surface area contributed by atoms with E-state index in [1.165, 1.54) is 7.06 Å². The first-order chi connectivity index (χ1) is 10.9. The van der Waals surface area contributed by atoms with Crippen LogP contribution >= 0.6 is 0 Å². The Morgan fingerprint density at radius 3 is 2.57 bits per heavy atom. The van der Waals surface area contributed by atoms with E-state index in [-0.39, 0.29) is 5.91 Å². The van der Waals surface area contributed by atoms with Gasteiger partial charge in [0.15, 0.2) is 0 Å². The van der Waals surface area contributed by atoms with Crippen LogP contribution in [0.2, 0.25) is 0 Å². The molecular formula is C12H20B5N4O2. The van der Waals surface area contributed by atoms with Crippen molar-refractivity contribution in [2.24, 2.45) is 7.05 Å². The third-order valence-electron chi connectivity index (χ3n) is 3.30. The molecular weight excluding hydrogens is 286 g/mol. The number of carbonyl (C=O) groups excluding carboxylic acids is 1. The van der Waals surface area contributed by atoms with Crippen LogP contribution in [-0.2, 0) is 11.8 Å². The SMILES string of the molecule is Cn1cc(N)cc1C(=O)NCCN1CCOCC1.[B][B]B([B])[B]. The normalized spacial score (nSPS) is 14.5. The van der Waals surface area contributed by atoms with E-state index < -0.39 is 6.39 Å². The number of nitrogen functional groups attached to an aromatic ring is 1. The molecule has 0 saturated carbocycles. The number of nitrogens with one attached hydrogen (secondary N) is 1. The molecule has 115 valence electrons. The van der Waals surface area contributed by atoms with E-state index in [9.17, 15) is 4.79 Å². The zero-order valence-electron chi connectivity index (χ0n) is 13.6. The van der Waals surface area contributed by atoms with E-state index in [1.807, 2.05) is 7.05 Å². The van der Waals surface area contributed by atoms with Crippen LogP contribution in [0.25, 0.3) is 0 Å². The van der Waals surface area contributed by atoms with Crippen molar-refractivity contribution in [2.45, 2.75) is 0 Å². The summed E-state index contributed by atoms with van der Waals surface area (Å²) in [6.45, 7) is 4.93. The maximum absolute atomic E-state index is 11.9. The van der Waals surface area contributed by atoms with Crippen molar-refractivity contribution in [3.05, 3.63) is 18.0 Å². The second-order valence-corrected chi connectivity index (χ2v) is 5.25. The summed E-state index contributed by atoms with van der Waals surface area (Å²) in [5.74, 6) is -0.0811. The fourth-order valence-electron chi connectivity index (χ4n) is 2.06. The van der Waals surface area contributed by atoms with Crippen LogP contribution in [0.1, 0.15) is 10.5 Å². The molecule has 1 saturated heterocycles. The zero-order valence-corrected chi connectivity index (χ0v) is 13.6. The number of rotatable bonds is 5. The minimum atomic E-state index is -0.463. The first kappa shape index (κ1) is 19.8. The summed E-state index contributed by atoms with van der Waals surface area (Å²) in [6.07, 6.45) is 1.27. The summed E-state index contributed by atoms with van der Waals surface area (Å²) >= 11 is 0. The molecule has 2 rings (SSSR count). The quantitative estimate of drug-likeness (QED) is 0.604. The Hall–Kier alpha value is -1.21. The van der Waals surface area contributed by atoms with Crippen LogP contribution in [0.4, 0.5) is 5.69 Å². The molecule has 0 aliphatic carbocycles. The summed E-state index contributed by atoms with van der Waals surface area (Å²) < 4.78 is 7.00. The minimum absolute atomic E-state index is 0.0811. The molecule has 1 aromatic heterocycles. The number of anilines is 1. The van der Waals surface area contributed by atoms with Crippen molar-refractivity contribution in [1.29, 1.82) is 0 Å². The topological polar surface area (TPSA) is 72.5 Å². The van der Waals surface area contributed by atoms with Gasteiger partial charge in [-0.25, -0.2) is 0 Å². The highest BCUT2D eigenvalue weighted by atomic mass is 16.5. The van der Waals surface area contributed by atoms with Gasteiger partial charge in [-0.1, -0.05) is 0 Å². The molecule has 1 fully saturated rings. The highest BCUT2D eigenvalue weighted by Gasteiger charge is 2.12. The average Bonchev–Trinajstić information content (AvgIpc) is 2.87. The highest BCUT2D eigenvalue weighted by Crippen LogP contribution is 2.08. The minimum Gasteiger partial charge on any atom is -0.397 e. The van der Waals surface area contributed by atoms with Gasteiger partial charge in [-0.2, -0.15) is 0 Å². The van der Waals surface area contributed by atoms with E-state index in [2.05, 4.69) is 10.2 Å². The standard InChI is InChI=1S/C12H20N4O2.B5/c1-15-9-10(13)8-11(15)12(17)14-2-3-16-4-6-18-7-5-16;1-4-5(2)3/h8-9H,2-7,13H2,1H3,(H,14,17);. The molecule has 0 bridgehead atoms.